The molecule has 0 atom stereocenters. The second kappa shape index (κ2) is 4.55. The van der Waals surface area contributed by atoms with Crippen LogP contribution in [0.25, 0.3) is 11.4 Å². The predicted octanol–water partition coefficient (Wildman–Crippen LogP) is 1.74. The standard InChI is InChI=1S/C10H11BrN4/c11-8-3-1-2-7(6-8)10-13-9(4-5-12)14-15-10/h1-3,6H,4-5,12H2,(H,13,14,15). The van der Waals surface area contributed by atoms with Crippen molar-refractivity contribution in [3.8, 4) is 11.4 Å². The minimum absolute atomic E-state index is 0.577. The van der Waals surface area contributed by atoms with Gasteiger partial charge in [-0.15, -0.1) is 0 Å². The second-order valence-corrected chi connectivity index (χ2v) is 4.07. The molecule has 0 saturated carbocycles. The van der Waals surface area contributed by atoms with E-state index >= 15 is 0 Å². The zero-order valence-electron chi connectivity index (χ0n) is 8.07. The normalized spacial score (nSPS) is 10.5. The molecule has 0 fully saturated rings. The van der Waals surface area contributed by atoms with E-state index in [9.17, 15) is 0 Å². The molecule has 1 aromatic carbocycles. The lowest BCUT2D eigenvalue weighted by molar-refractivity contribution is 0.874. The van der Waals surface area contributed by atoms with Gasteiger partial charge in [-0.25, -0.2) is 4.98 Å². The second-order valence-electron chi connectivity index (χ2n) is 3.15. The number of H-pyrrole nitrogens is 1. The first kappa shape index (κ1) is 10.3. The van der Waals surface area contributed by atoms with Crippen LogP contribution in [0.15, 0.2) is 28.7 Å². The summed E-state index contributed by atoms with van der Waals surface area (Å²) in [4.78, 5) is 4.34. The first-order valence-corrected chi connectivity index (χ1v) is 5.46. The number of nitrogens with one attached hydrogen (secondary N) is 1. The first-order valence-electron chi connectivity index (χ1n) is 4.67. The van der Waals surface area contributed by atoms with Crippen LogP contribution in [0.3, 0.4) is 0 Å². The van der Waals surface area contributed by atoms with Crippen LogP contribution in [0.5, 0.6) is 0 Å². The Morgan fingerprint density at radius 1 is 1.40 bits per heavy atom. The summed E-state index contributed by atoms with van der Waals surface area (Å²) in [6, 6.07) is 7.88. The molecule has 0 bridgehead atoms. The Balaban J connectivity index is 2.29. The van der Waals surface area contributed by atoms with Crippen molar-refractivity contribution in [1.82, 2.24) is 15.2 Å². The third kappa shape index (κ3) is 2.43. The molecule has 0 aliphatic heterocycles. The summed E-state index contributed by atoms with van der Waals surface area (Å²) in [7, 11) is 0. The van der Waals surface area contributed by atoms with Gasteiger partial charge < -0.3 is 5.73 Å². The topological polar surface area (TPSA) is 67.6 Å². The summed E-state index contributed by atoms with van der Waals surface area (Å²) in [5.74, 6) is 1.53. The molecule has 0 spiro atoms. The van der Waals surface area contributed by atoms with E-state index in [1.54, 1.807) is 0 Å². The molecule has 1 aromatic heterocycles. The molecule has 0 saturated heterocycles. The van der Waals surface area contributed by atoms with Gasteiger partial charge in [0.15, 0.2) is 5.82 Å². The van der Waals surface area contributed by atoms with Crippen molar-refractivity contribution < 1.29 is 0 Å². The van der Waals surface area contributed by atoms with E-state index < -0.39 is 0 Å². The van der Waals surface area contributed by atoms with Gasteiger partial charge in [-0.1, -0.05) is 28.1 Å². The van der Waals surface area contributed by atoms with Gasteiger partial charge in [-0.3, -0.25) is 5.10 Å². The Kier molecular flexibility index (Phi) is 3.13. The zero-order chi connectivity index (χ0) is 10.7. The molecule has 0 aliphatic carbocycles. The quantitative estimate of drug-likeness (QED) is 0.890. The average Bonchev–Trinajstić information content (AvgIpc) is 2.67. The molecule has 5 heteroatoms. The van der Waals surface area contributed by atoms with Crippen LogP contribution in [0.4, 0.5) is 0 Å². The van der Waals surface area contributed by atoms with E-state index in [-0.39, 0.29) is 0 Å². The third-order valence-electron chi connectivity index (χ3n) is 2.00. The van der Waals surface area contributed by atoms with E-state index in [4.69, 9.17) is 5.73 Å². The fourth-order valence-corrected chi connectivity index (χ4v) is 1.70. The summed E-state index contributed by atoms with van der Waals surface area (Å²) in [5.41, 5.74) is 6.43. The monoisotopic (exact) mass is 266 g/mol. The third-order valence-corrected chi connectivity index (χ3v) is 2.49. The SMILES string of the molecule is NCCc1nc(-c2cccc(Br)c2)n[nH]1. The maximum Gasteiger partial charge on any atom is 0.181 e. The molecular weight excluding hydrogens is 256 g/mol. The predicted molar refractivity (Wildman–Crippen MR) is 62.3 cm³/mol. The van der Waals surface area contributed by atoms with Crippen LogP contribution < -0.4 is 5.73 Å². The number of nitrogens with zero attached hydrogens (tertiary/aromatic N) is 2. The Hall–Kier alpha value is -1.20. The minimum atomic E-state index is 0.577. The number of hydrogen-bond acceptors (Lipinski definition) is 3. The molecule has 2 rings (SSSR count). The Labute approximate surface area is 96.0 Å². The van der Waals surface area contributed by atoms with Crippen LogP contribution in [0.2, 0.25) is 0 Å². The van der Waals surface area contributed by atoms with Crippen LogP contribution in [0.1, 0.15) is 5.82 Å². The highest BCUT2D eigenvalue weighted by molar-refractivity contribution is 9.10. The lowest BCUT2D eigenvalue weighted by Crippen LogP contribution is -2.03. The maximum atomic E-state index is 5.44. The Morgan fingerprint density at radius 2 is 2.27 bits per heavy atom. The molecule has 0 unspecified atom stereocenters. The van der Waals surface area contributed by atoms with Crippen molar-refractivity contribution in [3.05, 3.63) is 34.6 Å². The van der Waals surface area contributed by atoms with Gasteiger partial charge in [0, 0.05) is 16.5 Å². The van der Waals surface area contributed by atoms with Gasteiger partial charge >= 0.3 is 0 Å². The van der Waals surface area contributed by atoms with Crippen LogP contribution in [-0.2, 0) is 6.42 Å². The number of rotatable bonds is 3. The molecule has 0 aliphatic rings. The number of nitrogens with two attached hydrogens (primary N) is 1. The smallest absolute Gasteiger partial charge is 0.181 e. The number of aromatic amines is 1. The van der Waals surface area contributed by atoms with E-state index in [1.807, 2.05) is 24.3 Å². The van der Waals surface area contributed by atoms with Crippen LogP contribution in [-0.4, -0.2) is 21.7 Å². The molecule has 1 heterocycles. The van der Waals surface area contributed by atoms with Crippen molar-refractivity contribution >= 4 is 15.9 Å². The molecule has 15 heavy (non-hydrogen) atoms. The Morgan fingerprint density at radius 3 is 3.00 bits per heavy atom. The van der Waals surface area contributed by atoms with Crippen molar-refractivity contribution in [2.24, 2.45) is 5.73 Å². The Bertz CT molecular complexity index is 452. The van der Waals surface area contributed by atoms with E-state index in [1.165, 1.54) is 0 Å². The summed E-state index contributed by atoms with van der Waals surface area (Å²) in [6.07, 6.45) is 0.723. The lowest BCUT2D eigenvalue weighted by Gasteiger charge is -1.94. The number of halogens is 1. The van der Waals surface area contributed by atoms with E-state index in [2.05, 4.69) is 31.1 Å². The van der Waals surface area contributed by atoms with Gasteiger partial charge in [0.2, 0.25) is 0 Å². The van der Waals surface area contributed by atoms with Crippen molar-refractivity contribution in [2.75, 3.05) is 6.54 Å². The number of aromatic nitrogens is 3. The first-order chi connectivity index (χ1) is 7.29. The van der Waals surface area contributed by atoms with Gasteiger partial charge in [0.1, 0.15) is 5.82 Å². The van der Waals surface area contributed by atoms with Gasteiger partial charge in [0.05, 0.1) is 0 Å². The highest BCUT2D eigenvalue weighted by Gasteiger charge is 2.05. The van der Waals surface area contributed by atoms with Gasteiger partial charge in [0.25, 0.3) is 0 Å². The summed E-state index contributed by atoms with van der Waals surface area (Å²) < 4.78 is 1.02. The van der Waals surface area contributed by atoms with Crippen molar-refractivity contribution in [1.29, 1.82) is 0 Å². The van der Waals surface area contributed by atoms with Crippen LogP contribution >= 0.6 is 15.9 Å². The van der Waals surface area contributed by atoms with Gasteiger partial charge in [-0.2, -0.15) is 5.10 Å². The largest absolute Gasteiger partial charge is 0.330 e. The summed E-state index contributed by atoms with van der Waals surface area (Å²) in [5, 5.41) is 7.00. The lowest BCUT2D eigenvalue weighted by atomic mass is 10.2. The maximum absolute atomic E-state index is 5.44. The highest BCUT2D eigenvalue weighted by Crippen LogP contribution is 2.19. The molecule has 0 amide bonds. The van der Waals surface area contributed by atoms with Crippen molar-refractivity contribution in [2.45, 2.75) is 6.42 Å². The number of hydrogen-bond donors (Lipinski definition) is 2. The molecular formula is C10H11BrN4. The highest BCUT2D eigenvalue weighted by atomic mass is 79.9. The fraction of sp³-hybridized carbons (Fsp3) is 0.200. The molecule has 78 valence electrons. The molecule has 4 nitrogen and oxygen atoms in total. The van der Waals surface area contributed by atoms with Crippen LogP contribution in [0, 0.1) is 0 Å². The number of benzene rings is 1. The molecule has 0 radical (unpaired) electrons. The average molecular weight is 267 g/mol. The minimum Gasteiger partial charge on any atom is -0.330 e. The van der Waals surface area contributed by atoms with E-state index in [0.717, 1.165) is 22.3 Å². The fourth-order valence-electron chi connectivity index (χ4n) is 1.30. The molecule has 2 aromatic rings. The molecule has 3 N–H and O–H groups in total. The zero-order valence-corrected chi connectivity index (χ0v) is 9.66. The summed E-state index contributed by atoms with van der Waals surface area (Å²) >= 11 is 3.41. The van der Waals surface area contributed by atoms with E-state index in [0.29, 0.717) is 12.4 Å². The van der Waals surface area contributed by atoms with Crippen molar-refractivity contribution in [3.63, 3.8) is 0 Å². The summed E-state index contributed by atoms with van der Waals surface area (Å²) in [6.45, 7) is 0.577. The van der Waals surface area contributed by atoms with Gasteiger partial charge in [-0.05, 0) is 18.7 Å².